The van der Waals surface area contributed by atoms with Crippen molar-refractivity contribution >= 4 is 15.9 Å². The Morgan fingerprint density at radius 3 is 2.43 bits per heavy atom. The van der Waals surface area contributed by atoms with E-state index in [0.717, 1.165) is 18.9 Å². The molecule has 1 aliphatic carbocycles. The van der Waals surface area contributed by atoms with Crippen molar-refractivity contribution in [3.05, 3.63) is 21.9 Å². The van der Waals surface area contributed by atoms with E-state index in [-0.39, 0.29) is 0 Å². The van der Waals surface area contributed by atoms with E-state index in [1.807, 2.05) is 0 Å². The number of hydrogen-bond acceptors (Lipinski definition) is 3. The van der Waals surface area contributed by atoms with E-state index in [1.165, 1.54) is 0 Å². The third kappa shape index (κ3) is 1.27. The third-order valence-electron chi connectivity index (χ3n) is 2.47. The highest BCUT2D eigenvalue weighted by Gasteiger charge is 2.44. The normalized spacial score (nSPS) is 18.2. The van der Waals surface area contributed by atoms with Gasteiger partial charge in [0, 0.05) is 15.6 Å². The van der Waals surface area contributed by atoms with Gasteiger partial charge in [0.2, 0.25) is 0 Å². The number of rotatable bonds is 1. The summed E-state index contributed by atoms with van der Waals surface area (Å²) in [7, 11) is 0. The van der Waals surface area contributed by atoms with Crippen LogP contribution < -0.4 is 5.73 Å². The van der Waals surface area contributed by atoms with Gasteiger partial charge in [0.1, 0.15) is 0 Å². The molecule has 0 saturated heterocycles. The van der Waals surface area contributed by atoms with Crippen LogP contribution in [0.4, 0.5) is 4.39 Å². The van der Waals surface area contributed by atoms with Gasteiger partial charge in [0.05, 0.1) is 0 Å². The largest absolute Gasteiger partial charge is 0.504 e. The van der Waals surface area contributed by atoms with E-state index >= 15 is 0 Å². The van der Waals surface area contributed by atoms with Crippen molar-refractivity contribution in [3.63, 3.8) is 0 Å². The highest BCUT2D eigenvalue weighted by atomic mass is 79.9. The predicted molar refractivity (Wildman–Crippen MR) is 52.5 cm³/mol. The molecule has 5 heteroatoms. The average molecular weight is 262 g/mol. The molecule has 4 N–H and O–H groups in total. The lowest BCUT2D eigenvalue weighted by molar-refractivity contribution is 0.371. The maximum Gasteiger partial charge on any atom is 0.194 e. The minimum Gasteiger partial charge on any atom is -0.504 e. The summed E-state index contributed by atoms with van der Waals surface area (Å²) < 4.78 is 13.3. The molecule has 1 aromatic rings. The summed E-state index contributed by atoms with van der Waals surface area (Å²) in [5.41, 5.74) is 5.63. The lowest BCUT2D eigenvalue weighted by atomic mass is 10.0. The first-order valence-electron chi connectivity index (χ1n) is 4.15. The van der Waals surface area contributed by atoms with Gasteiger partial charge in [-0.1, -0.05) is 15.9 Å². The molecular formula is C9H9BrFNO2. The number of benzene rings is 1. The Balaban J connectivity index is 2.65. The van der Waals surface area contributed by atoms with Crippen LogP contribution in [0.3, 0.4) is 0 Å². The van der Waals surface area contributed by atoms with Crippen LogP contribution in [0.15, 0.2) is 10.5 Å². The van der Waals surface area contributed by atoms with Crippen LogP contribution in [0.1, 0.15) is 18.4 Å². The molecule has 2 rings (SSSR count). The van der Waals surface area contributed by atoms with E-state index in [0.29, 0.717) is 10.0 Å². The van der Waals surface area contributed by atoms with E-state index in [2.05, 4.69) is 15.9 Å². The summed E-state index contributed by atoms with van der Waals surface area (Å²) in [5, 5.41) is 18.7. The topological polar surface area (TPSA) is 66.5 Å². The monoisotopic (exact) mass is 261 g/mol. The van der Waals surface area contributed by atoms with Gasteiger partial charge in [0.15, 0.2) is 17.3 Å². The number of aromatic hydroxyl groups is 2. The van der Waals surface area contributed by atoms with Crippen LogP contribution in [-0.4, -0.2) is 10.2 Å². The molecule has 0 bridgehead atoms. The Bertz CT molecular complexity index is 404. The smallest absolute Gasteiger partial charge is 0.194 e. The molecule has 0 amide bonds. The molecule has 0 atom stereocenters. The predicted octanol–water partition coefficient (Wildman–Crippen LogP) is 1.95. The molecule has 1 aliphatic rings. The molecule has 0 heterocycles. The highest BCUT2D eigenvalue weighted by Crippen LogP contribution is 2.52. The molecule has 0 aliphatic heterocycles. The quantitative estimate of drug-likeness (QED) is 0.677. The molecule has 14 heavy (non-hydrogen) atoms. The third-order valence-corrected chi connectivity index (χ3v) is 3.09. The lowest BCUT2D eigenvalue weighted by Crippen LogP contribution is -2.19. The first kappa shape index (κ1) is 9.73. The van der Waals surface area contributed by atoms with Crippen LogP contribution in [-0.2, 0) is 5.54 Å². The van der Waals surface area contributed by atoms with Gasteiger partial charge >= 0.3 is 0 Å². The Morgan fingerprint density at radius 1 is 1.36 bits per heavy atom. The van der Waals surface area contributed by atoms with E-state index in [9.17, 15) is 14.6 Å². The molecule has 0 unspecified atom stereocenters. The second-order valence-corrected chi connectivity index (χ2v) is 4.42. The van der Waals surface area contributed by atoms with Gasteiger partial charge in [-0.15, -0.1) is 0 Å². The first-order chi connectivity index (χ1) is 6.46. The van der Waals surface area contributed by atoms with Crippen molar-refractivity contribution in [2.24, 2.45) is 5.73 Å². The highest BCUT2D eigenvalue weighted by molar-refractivity contribution is 9.10. The summed E-state index contributed by atoms with van der Waals surface area (Å²) in [6.45, 7) is 0. The van der Waals surface area contributed by atoms with E-state index < -0.39 is 22.9 Å². The molecule has 0 spiro atoms. The van der Waals surface area contributed by atoms with Crippen molar-refractivity contribution in [2.45, 2.75) is 18.4 Å². The zero-order valence-electron chi connectivity index (χ0n) is 7.22. The van der Waals surface area contributed by atoms with Crippen molar-refractivity contribution in [1.82, 2.24) is 0 Å². The van der Waals surface area contributed by atoms with Gasteiger partial charge < -0.3 is 15.9 Å². The number of nitrogens with two attached hydrogens (primary N) is 1. The van der Waals surface area contributed by atoms with E-state index in [4.69, 9.17) is 5.73 Å². The van der Waals surface area contributed by atoms with Crippen molar-refractivity contribution in [3.8, 4) is 11.5 Å². The Morgan fingerprint density at radius 2 is 1.93 bits per heavy atom. The van der Waals surface area contributed by atoms with Crippen LogP contribution >= 0.6 is 15.9 Å². The molecule has 0 aromatic heterocycles. The molecule has 76 valence electrons. The van der Waals surface area contributed by atoms with Crippen molar-refractivity contribution in [1.29, 1.82) is 0 Å². The maximum atomic E-state index is 12.9. The standard InChI is InChI=1S/C9H9BrFNO2/c10-4-3-5(11)7(13)8(14)6(4)9(12)1-2-9/h3,13-14H,1-2,12H2. The number of phenols is 2. The molecule has 0 radical (unpaired) electrons. The molecular weight excluding hydrogens is 253 g/mol. The number of hydrogen-bond donors (Lipinski definition) is 3. The SMILES string of the molecule is NC1(c2c(Br)cc(F)c(O)c2O)CC1. The second kappa shape index (κ2) is 2.84. The first-order valence-corrected chi connectivity index (χ1v) is 4.94. The molecule has 3 nitrogen and oxygen atoms in total. The summed E-state index contributed by atoms with van der Waals surface area (Å²) in [4.78, 5) is 0. The molecule has 1 fully saturated rings. The Hall–Kier alpha value is -0.810. The second-order valence-electron chi connectivity index (χ2n) is 3.57. The van der Waals surface area contributed by atoms with Crippen molar-refractivity contribution < 1.29 is 14.6 Å². The fraction of sp³-hybridized carbons (Fsp3) is 0.333. The summed E-state index contributed by atoms with van der Waals surface area (Å²) in [6, 6.07) is 1.11. The molecule has 1 saturated carbocycles. The van der Waals surface area contributed by atoms with Gasteiger partial charge in [-0.05, 0) is 18.9 Å². The fourth-order valence-corrected chi connectivity index (χ4v) is 2.24. The zero-order valence-corrected chi connectivity index (χ0v) is 8.81. The summed E-state index contributed by atoms with van der Waals surface area (Å²) in [5.74, 6) is -2.06. The van der Waals surface area contributed by atoms with Gasteiger partial charge in [0.25, 0.3) is 0 Å². The molecule has 1 aromatic carbocycles. The van der Waals surface area contributed by atoms with Crippen LogP contribution in [0.5, 0.6) is 11.5 Å². The van der Waals surface area contributed by atoms with Crippen LogP contribution in [0, 0.1) is 5.82 Å². The van der Waals surface area contributed by atoms with Gasteiger partial charge in [-0.25, -0.2) is 4.39 Å². The number of phenolic OH excluding ortho intramolecular Hbond substituents is 2. The van der Waals surface area contributed by atoms with Crippen LogP contribution in [0.2, 0.25) is 0 Å². The summed E-state index contributed by atoms with van der Waals surface area (Å²) >= 11 is 3.12. The zero-order chi connectivity index (χ0) is 10.5. The Kier molecular flexibility index (Phi) is 1.97. The summed E-state index contributed by atoms with van der Waals surface area (Å²) in [6.07, 6.45) is 1.45. The van der Waals surface area contributed by atoms with Crippen molar-refractivity contribution in [2.75, 3.05) is 0 Å². The van der Waals surface area contributed by atoms with E-state index in [1.54, 1.807) is 0 Å². The maximum absolute atomic E-state index is 12.9. The fourth-order valence-electron chi connectivity index (χ4n) is 1.45. The average Bonchev–Trinajstić information content (AvgIpc) is 2.80. The number of halogens is 2. The Labute approximate surface area is 88.5 Å². The lowest BCUT2D eigenvalue weighted by Gasteiger charge is -2.14. The van der Waals surface area contributed by atoms with Gasteiger partial charge in [-0.3, -0.25) is 0 Å². The van der Waals surface area contributed by atoms with Gasteiger partial charge in [-0.2, -0.15) is 0 Å². The minimum atomic E-state index is -0.859. The van der Waals surface area contributed by atoms with Crippen LogP contribution in [0.25, 0.3) is 0 Å². The minimum absolute atomic E-state index is 0.386.